The molecule has 1 aromatic rings. The fourth-order valence-electron chi connectivity index (χ4n) is 4.64. The number of aliphatic hydroxyl groups excluding tert-OH is 5. The highest BCUT2D eigenvalue weighted by molar-refractivity contribution is 7.99. The van der Waals surface area contributed by atoms with Crippen LogP contribution in [0.1, 0.15) is 84.1 Å². The Morgan fingerprint density at radius 2 is 1.45 bits per heavy atom. The molecule has 15 nitrogen and oxygen atoms in total. The Labute approximate surface area is 261 Å². The number of rotatable bonds is 20. The summed E-state index contributed by atoms with van der Waals surface area (Å²) in [4.78, 5) is 37.2. The SMILES string of the molecule is CCCCCCC(=O)OC[C@H](CSC[C@@H](N)C(=O)Nc1cn(C2[C@H](O)[C@H](O)C(O)[C@H](O)[C@H]2O)nn1)OC(=O)CCCCCC. The fraction of sp³-hybridized carbons (Fsp3) is 0.821. The van der Waals surface area contributed by atoms with E-state index in [4.69, 9.17) is 15.2 Å². The van der Waals surface area contributed by atoms with Crippen LogP contribution in [0.25, 0.3) is 0 Å². The molecule has 2 unspecified atom stereocenters. The second-order valence-electron chi connectivity index (χ2n) is 11.1. The van der Waals surface area contributed by atoms with Crippen molar-refractivity contribution >= 4 is 35.4 Å². The third-order valence-electron chi connectivity index (χ3n) is 7.30. The Morgan fingerprint density at radius 3 is 2.05 bits per heavy atom. The zero-order valence-electron chi connectivity index (χ0n) is 25.5. The number of amides is 1. The van der Waals surface area contributed by atoms with Gasteiger partial charge in [-0.15, -0.1) is 5.10 Å². The van der Waals surface area contributed by atoms with Crippen molar-refractivity contribution in [1.82, 2.24) is 15.0 Å². The zero-order valence-corrected chi connectivity index (χ0v) is 26.3. The Kier molecular flexibility index (Phi) is 17.1. The van der Waals surface area contributed by atoms with Gasteiger partial charge in [0.2, 0.25) is 5.91 Å². The van der Waals surface area contributed by atoms with Gasteiger partial charge in [-0.25, -0.2) is 4.68 Å². The van der Waals surface area contributed by atoms with Crippen LogP contribution in [-0.4, -0.2) is 119 Å². The van der Waals surface area contributed by atoms with Crippen molar-refractivity contribution in [2.24, 2.45) is 5.73 Å². The number of unbranched alkanes of at least 4 members (excludes halogenated alkanes) is 6. The molecule has 1 amide bonds. The molecule has 0 aliphatic heterocycles. The van der Waals surface area contributed by atoms with Crippen molar-refractivity contribution in [3.05, 3.63) is 6.20 Å². The molecular formula is C28H49N5O10S. The smallest absolute Gasteiger partial charge is 0.306 e. The van der Waals surface area contributed by atoms with E-state index in [1.54, 1.807) is 0 Å². The second-order valence-corrected chi connectivity index (χ2v) is 12.2. The monoisotopic (exact) mass is 647 g/mol. The third kappa shape index (κ3) is 12.2. The van der Waals surface area contributed by atoms with E-state index >= 15 is 0 Å². The lowest BCUT2D eigenvalue weighted by Gasteiger charge is -2.41. The van der Waals surface area contributed by atoms with Gasteiger partial charge in [0.25, 0.3) is 0 Å². The van der Waals surface area contributed by atoms with Crippen LogP contribution in [0.4, 0.5) is 5.82 Å². The highest BCUT2D eigenvalue weighted by Gasteiger charge is 2.49. The highest BCUT2D eigenvalue weighted by atomic mass is 32.2. The number of anilines is 1. The summed E-state index contributed by atoms with van der Waals surface area (Å²) in [6, 6.07) is -2.36. The standard InChI is InChI=1S/C28H49N5O10S/c1-3-5-7-9-11-20(34)42-14-17(43-21(35)12-10-8-6-4-2)15-44-16-18(29)28(41)30-19-13-33(32-31-19)22-23(36)25(38)27(40)26(39)24(22)37/h13,17-18,22-27,36-40H,3-12,14-16,29H2,1-2H3,(H,30,41)/t17-,18-,22?,23+,24+,25-,26+,27?/m1/s1. The van der Waals surface area contributed by atoms with Crippen molar-refractivity contribution in [3.8, 4) is 0 Å². The molecule has 1 aliphatic rings. The summed E-state index contributed by atoms with van der Waals surface area (Å²) in [5.41, 5.74) is 6.04. The van der Waals surface area contributed by atoms with Crippen LogP contribution < -0.4 is 11.1 Å². The van der Waals surface area contributed by atoms with Crippen LogP contribution in [0.15, 0.2) is 6.20 Å². The first-order valence-corrected chi connectivity index (χ1v) is 16.5. The minimum Gasteiger partial charge on any atom is -0.462 e. The number of aliphatic hydroxyl groups is 5. The number of aromatic nitrogens is 3. The predicted molar refractivity (Wildman–Crippen MR) is 161 cm³/mol. The number of esters is 2. The number of hydrogen-bond donors (Lipinski definition) is 7. The quantitative estimate of drug-likeness (QED) is 0.0730. The number of nitrogens with zero attached hydrogens (tertiary/aromatic N) is 3. The summed E-state index contributed by atoms with van der Waals surface area (Å²) >= 11 is 1.25. The first kappa shape index (κ1) is 37.8. The number of thioether (sulfide) groups is 1. The Morgan fingerprint density at radius 1 is 0.886 bits per heavy atom. The minimum atomic E-state index is -1.76. The maximum absolute atomic E-state index is 12.7. The van der Waals surface area contributed by atoms with Gasteiger partial charge in [0.15, 0.2) is 5.82 Å². The number of carbonyl (C=O) groups excluding carboxylic acids is 3. The van der Waals surface area contributed by atoms with Crippen LogP contribution in [0.2, 0.25) is 0 Å². The topological polar surface area (TPSA) is 240 Å². The second kappa shape index (κ2) is 19.9. The lowest BCUT2D eigenvalue weighted by atomic mass is 9.83. The lowest BCUT2D eigenvalue weighted by Crippen LogP contribution is -2.61. The first-order valence-electron chi connectivity index (χ1n) is 15.3. The molecule has 0 saturated heterocycles. The lowest BCUT2D eigenvalue weighted by molar-refractivity contribution is -0.200. The molecule has 1 saturated carbocycles. The molecule has 8 N–H and O–H groups in total. The molecule has 2 rings (SSSR count). The van der Waals surface area contributed by atoms with E-state index in [1.807, 2.05) is 0 Å². The van der Waals surface area contributed by atoms with Gasteiger partial charge in [-0.2, -0.15) is 11.8 Å². The summed E-state index contributed by atoms with van der Waals surface area (Å²) < 4.78 is 11.9. The van der Waals surface area contributed by atoms with Gasteiger partial charge >= 0.3 is 11.9 Å². The molecule has 1 fully saturated rings. The van der Waals surface area contributed by atoms with Crippen molar-refractivity contribution in [1.29, 1.82) is 0 Å². The molecule has 8 atom stereocenters. The normalized spacial score (nSPS) is 24.8. The van der Waals surface area contributed by atoms with Crippen molar-refractivity contribution in [2.45, 2.75) is 127 Å². The summed E-state index contributed by atoms with van der Waals surface area (Å²) in [6.45, 7) is 4.07. The van der Waals surface area contributed by atoms with Gasteiger partial charge in [-0.3, -0.25) is 14.4 Å². The van der Waals surface area contributed by atoms with Crippen molar-refractivity contribution in [3.63, 3.8) is 0 Å². The van der Waals surface area contributed by atoms with E-state index in [0.29, 0.717) is 12.8 Å². The number of hydrogen-bond acceptors (Lipinski definition) is 14. The van der Waals surface area contributed by atoms with Crippen LogP contribution >= 0.6 is 11.8 Å². The van der Waals surface area contributed by atoms with E-state index in [-0.39, 0.29) is 42.3 Å². The van der Waals surface area contributed by atoms with E-state index < -0.39 is 54.6 Å². The number of carbonyl (C=O) groups is 3. The Bertz CT molecular complexity index is 1000. The van der Waals surface area contributed by atoms with Gasteiger partial charge in [0.1, 0.15) is 49.3 Å². The van der Waals surface area contributed by atoms with E-state index in [0.717, 1.165) is 49.6 Å². The van der Waals surface area contributed by atoms with Crippen LogP contribution in [0.3, 0.4) is 0 Å². The average molecular weight is 648 g/mol. The largest absolute Gasteiger partial charge is 0.462 e. The molecular weight excluding hydrogens is 598 g/mol. The zero-order chi connectivity index (χ0) is 32.6. The summed E-state index contributed by atoms with van der Waals surface area (Å²) in [7, 11) is 0. The molecule has 252 valence electrons. The predicted octanol–water partition coefficient (Wildman–Crippen LogP) is 0.0321. The van der Waals surface area contributed by atoms with E-state index in [2.05, 4.69) is 29.5 Å². The number of nitrogens with two attached hydrogens (primary N) is 1. The molecule has 0 aromatic carbocycles. The minimum absolute atomic E-state index is 0.0642. The molecule has 1 heterocycles. The van der Waals surface area contributed by atoms with E-state index in [9.17, 15) is 39.9 Å². The summed E-state index contributed by atoms with van der Waals surface area (Å²) in [5.74, 6) is -1.04. The Hall–Kier alpha value is -2.34. The molecule has 0 spiro atoms. The molecule has 16 heteroatoms. The molecule has 1 aliphatic carbocycles. The fourth-order valence-corrected chi connectivity index (χ4v) is 5.61. The van der Waals surface area contributed by atoms with Gasteiger partial charge < -0.3 is 46.1 Å². The molecule has 0 bridgehead atoms. The molecule has 44 heavy (non-hydrogen) atoms. The third-order valence-corrected chi connectivity index (χ3v) is 8.50. The van der Waals surface area contributed by atoms with Gasteiger partial charge in [-0.1, -0.05) is 57.6 Å². The van der Waals surface area contributed by atoms with Crippen LogP contribution in [-0.2, 0) is 23.9 Å². The molecule has 1 aromatic heterocycles. The molecule has 0 radical (unpaired) electrons. The number of nitrogens with one attached hydrogen (secondary N) is 1. The van der Waals surface area contributed by atoms with Crippen LogP contribution in [0.5, 0.6) is 0 Å². The van der Waals surface area contributed by atoms with Gasteiger partial charge in [0.05, 0.1) is 12.2 Å². The maximum Gasteiger partial charge on any atom is 0.306 e. The van der Waals surface area contributed by atoms with E-state index in [1.165, 1.54) is 18.0 Å². The summed E-state index contributed by atoms with van der Waals surface area (Å²) in [6.07, 6.45) is -0.0951. The van der Waals surface area contributed by atoms with Gasteiger partial charge in [-0.05, 0) is 12.8 Å². The summed E-state index contributed by atoms with van der Waals surface area (Å²) in [5, 5.41) is 60.2. The average Bonchev–Trinajstić information content (AvgIpc) is 3.45. The van der Waals surface area contributed by atoms with Crippen molar-refractivity contribution < 1.29 is 49.4 Å². The van der Waals surface area contributed by atoms with Gasteiger partial charge in [0, 0.05) is 24.3 Å². The Balaban J connectivity index is 1.87. The number of ether oxygens (including phenoxy) is 2. The highest BCUT2D eigenvalue weighted by Crippen LogP contribution is 2.30. The van der Waals surface area contributed by atoms with Crippen LogP contribution in [0, 0.1) is 0 Å². The maximum atomic E-state index is 12.7. The first-order chi connectivity index (χ1) is 21.0. The van der Waals surface area contributed by atoms with Crippen molar-refractivity contribution in [2.75, 3.05) is 23.4 Å².